The number of carbonyl (C=O) groups is 1. The second-order valence-electron chi connectivity index (χ2n) is 3.82. The van der Waals surface area contributed by atoms with Crippen LogP contribution in [0.2, 0.25) is 5.02 Å². The Morgan fingerprint density at radius 1 is 1.56 bits per heavy atom. The van der Waals surface area contributed by atoms with E-state index in [1.165, 1.54) is 0 Å². The number of hydrogen-bond donors (Lipinski definition) is 1. The standard InChI is InChI=1S/C11H10BrClN2O/c1-11(2,6-14)10(16)15-9-5-7(13)3-4-8(9)12/h3-5H,1-2H3,(H,15,16). The van der Waals surface area contributed by atoms with Crippen LogP contribution in [0.25, 0.3) is 0 Å². The van der Waals surface area contributed by atoms with Crippen molar-refractivity contribution in [2.24, 2.45) is 5.41 Å². The Labute approximate surface area is 108 Å². The predicted octanol–water partition coefficient (Wildman–Crippen LogP) is 3.59. The Balaban J connectivity index is 2.94. The highest BCUT2D eigenvalue weighted by molar-refractivity contribution is 9.10. The molecule has 5 heteroatoms. The number of carbonyl (C=O) groups excluding carboxylic acids is 1. The maximum absolute atomic E-state index is 11.7. The smallest absolute Gasteiger partial charge is 0.244 e. The predicted molar refractivity (Wildman–Crippen MR) is 67.2 cm³/mol. The van der Waals surface area contributed by atoms with E-state index in [9.17, 15) is 4.79 Å². The van der Waals surface area contributed by atoms with Crippen LogP contribution >= 0.6 is 27.5 Å². The number of nitrogens with one attached hydrogen (secondary N) is 1. The highest BCUT2D eigenvalue weighted by atomic mass is 79.9. The van der Waals surface area contributed by atoms with E-state index in [4.69, 9.17) is 16.9 Å². The average Bonchev–Trinajstić information content (AvgIpc) is 2.23. The zero-order valence-corrected chi connectivity index (χ0v) is 11.2. The highest BCUT2D eigenvalue weighted by Gasteiger charge is 2.27. The molecule has 0 fully saturated rings. The minimum atomic E-state index is -1.07. The molecule has 0 aliphatic heterocycles. The highest BCUT2D eigenvalue weighted by Crippen LogP contribution is 2.27. The van der Waals surface area contributed by atoms with Gasteiger partial charge in [0.15, 0.2) is 0 Å². The summed E-state index contributed by atoms with van der Waals surface area (Å²) in [5, 5.41) is 12.0. The largest absolute Gasteiger partial charge is 0.324 e. The van der Waals surface area contributed by atoms with Gasteiger partial charge in [0.1, 0.15) is 5.41 Å². The molecule has 0 aromatic heterocycles. The average molecular weight is 302 g/mol. The van der Waals surface area contributed by atoms with Gasteiger partial charge in [0.05, 0.1) is 11.8 Å². The zero-order valence-electron chi connectivity index (χ0n) is 8.84. The Hall–Kier alpha value is -1.05. The quantitative estimate of drug-likeness (QED) is 0.907. The van der Waals surface area contributed by atoms with E-state index in [-0.39, 0.29) is 5.91 Å². The van der Waals surface area contributed by atoms with Crippen LogP contribution in [0.3, 0.4) is 0 Å². The van der Waals surface area contributed by atoms with Crippen LogP contribution in [0.5, 0.6) is 0 Å². The molecule has 0 atom stereocenters. The first-order chi connectivity index (χ1) is 7.36. The van der Waals surface area contributed by atoms with Gasteiger partial charge >= 0.3 is 0 Å². The van der Waals surface area contributed by atoms with Crippen molar-refractivity contribution in [3.63, 3.8) is 0 Å². The molecule has 1 aromatic rings. The van der Waals surface area contributed by atoms with Crippen LogP contribution in [-0.2, 0) is 4.79 Å². The molecule has 0 aliphatic carbocycles. The van der Waals surface area contributed by atoms with E-state index in [2.05, 4.69) is 21.2 Å². The monoisotopic (exact) mass is 300 g/mol. The number of nitriles is 1. The molecule has 1 N–H and O–H groups in total. The Kier molecular flexibility index (Phi) is 3.95. The molecule has 0 spiro atoms. The summed E-state index contributed by atoms with van der Waals surface area (Å²) in [5.74, 6) is -0.363. The molecule has 0 heterocycles. The van der Waals surface area contributed by atoms with Gasteiger partial charge in [0.25, 0.3) is 0 Å². The lowest BCUT2D eigenvalue weighted by molar-refractivity contribution is -0.121. The molecule has 84 valence electrons. The lowest BCUT2D eigenvalue weighted by atomic mass is 9.95. The number of benzene rings is 1. The summed E-state index contributed by atoms with van der Waals surface area (Å²) in [4.78, 5) is 11.7. The third kappa shape index (κ3) is 2.97. The minimum Gasteiger partial charge on any atom is -0.324 e. The van der Waals surface area contributed by atoms with E-state index in [0.717, 1.165) is 4.47 Å². The molecule has 1 rings (SSSR count). The van der Waals surface area contributed by atoms with Gasteiger partial charge in [-0.1, -0.05) is 11.6 Å². The van der Waals surface area contributed by atoms with Crippen molar-refractivity contribution in [2.45, 2.75) is 13.8 Å². The second kappa shape index (κ2) is 4.86. The maximum atomic E-state index is 11.7. The molecule has 0 saturated carbocycles. The fourth-order valence-corrected chi connectivity index (χ4v) is 1.44. The molecule has 0 unspecified atom stereocenters. The zero-order chi connectivity index (χ0) is 12.3. The summed E-state index contributed by atoms with van der Waals surface area (Å²) in [6.07, 6.45) is 0. The third-order valence-corrected chi connectivity index (χ3v) is 2.95. The van der Waals surface area contributed by atoms with Crippen LogP contribution in [0, 0.1) is 16.7 Å². The van der Waals surface area contributed by atoms with Crippen molar-refractivity contribution in [3.8, 4) is 6.07 Å². The number of hydrogen-bond acceptors (Lipinski definition) is 2. The van der Waals surface area contributed by atoms with Gasteiger partial charge < -0.3 is 5.32 Å². The first-order valence-corrected chi connectivity index (χ1v) is 5.71. The van der Waals surface area contributed by atoms with Crippen molar-refractivity contribution in [1.29, 1.82) is 5.26 Å². The van der Waals surface area contributed by atoms with Crippen molar-refractivity contribution < 1.29 is 4.79 Å². The summed E-state index contributed by atoms with van der Waals surface area (Å²) in [5.41, 5.74) is -0.511. The first kappa shape index (κ1) is 13.0. The van der Waals surface area contributed by atoms with Crippen molar-refractivity contribution in [3.05, 3.63) is 27.7 Å². The van der Waals surface area contributed by atoms with Crippen LogP contribution < -0.4 is 5.32 Å². The van der Waals surface area contributed by atoms with Crippen LogP contribution in [-0.4, -0.2) is 5.91 Å². The molecule has 1 aromatic carbocycles. The Bertz CT molecular complexity index is 466. The van der Waals surface area contributed by atoms with Gasteiger partial charge in [-0.2, -0.15) is 5.26 Å². The molecule has 1 amide bonds. The van der Waals surface area contributed by atoms with E-state index >= 15 is 0 Å². The minimum absolute atomic E-state index is 0.363. The van der Waals surface area contributed by atoms with Gasteiger partial charge in [-0.05, 0) is 48.0 Å². The SMILES string of the molecule is CC(C)(C#N)C(=O)Nc1cc(Cl)ccc1Br. The van der Waals surface area contributed by atoms with E-state index in [1.54, 1.807) is 32.0 Å². The van der Waals surface area contributed by atoms with E-state index in [0.29, 0.717) is 10.7 Å². The normalized spacial score (nSPS) is 10.7. The number of amides is 1. The third-order valence-electron chi connectivity index (χ3n) is 2.02. The van der Waals surface area contributed by atoms with E-state index < -0.39 is 5.41 Å². The Morgan fingerprint density at radius 3 is 2.75 bits per heavy atom. The van der Waals surface area contributed by atoms with Crippen molar-refractivity contribution in [1.82, 2.24) is 0 Å². The maximum Gasteiger partial charge on any atom is 0.244 e. The van der Waals surface area contributed by atoms with Gasteiger partial charge in [0, 0.05) is 9.50 Å². The molecule has 0 saturated heterocycles. The molecular formula is C11H10BrClN2O. The molecule has 0 radical (unpaired) electrons. The number of anilines is 1. The topological polar surface area (TPSA) is 52.9 Å². The lowest BCUT2D eigenvalue weighted by Crippen LogP contribution is -2.29. The summed E-state index contributed by atoms with van der Waals surface area (Å²) in [6, 6.07) is 7.00. The fraction of sp³-hybridized carbons (Fsp3) is 0.273. The van der Waals surface area contributed by atoms with Crippen molar-refractivity contribution in [2.75, 3.05) is 5.32 Å². The van der Waals surface area contributed by atoms with Crippen LogP contribution in [0.4, 0.5) is 5.69 Å². The molecule has 0 aliphatic rings. The second-order valence-corrected chi connectivity index (χ2v) is 5.11. The van der Waals surface area contributed by atoms with Gasteiger partial charge in [0.2, 0.25) is 5.91 Å². The lowest BCUT2D eigenvalue weighted by Gasteiger charge is -2.15. The fourth-order valence-electron chi connectivity index (χ4n) is 0.923. The molecular weight excluding hydrogens is 291 g/mol. The first-order valence-electron chi connectivity index (χ1n) is 4.54. The van der Waals surface area contributed by atoms with Gasteiger partial charge in [-0.15, -0.1) is 0 Å². The molecule has 3 nitrogen and oxygen atoms in total. The number of halogens is 2. The number of nitrogens with zero attached hydrogens (tertiary/aromatic N) is 1. The number of rotatable bonds is 2. The van der Waals surface area contributed by atoms with Crippen molar-refractivity contribution >= 4 is 39.1 Å². The molecule has 0 bridgehead atoms. The molecule has 16 heavy (non-hydrogen) atoms. The van der Waals surface area contributed by atoms with E-state index in [1.807, 2.05) is 6.07 Å². The van der Waals surface area contributed by atoms with Crippen LogP contribution in [0.15, 0.2) is 22.7 Å². The summed E-state index contributed by atoms with van der Waals surface area (Å²) in [6.45, 7) is 3.11. The summed E-state index contributed by atoms with van der Waals surface area (Å²) < 4.78 is 0.721. The van der Waals surface area contributed by atoms with Gasteiger partial charge in [-0.25, -0.2) is 0 Å². The summed E-state index contributed by atoms with van der Waals surface area (Å²) >= 11 is 9.10. The van der Waals surface area contributed by atoms with Crippen LogP contribution in [0.1, 0.15) is 13.8 Å². The Morgan fingerprint density at radius 2 is 2.19 bits per heavy atom. The van der Waals surface area contributed by atoms with Gasteiger partial charge in [-0.3, -0.25) is 4.79 Å². The summed E-state index contributed by atoms with van der Waals surface area (Å²) in [7, 11) is 0.